The number of carbonyl (C=O) groups is 2. The van der Waals surface area contributed by atoms with Crippen molar-refractivity contribution in [1.29, 1.82) is 0 Å². The highest BCUT2D eigenvalue weighted by molar-refractivity contribution is 5.97. The Kier molecular flexibility index (Phi) is 7.21. The van der Waals surface area contributed by atoms with Crippen molar-refractivity contribution >= 4 is 28.5 Å². The number of methoxy groups -OCH3 is 1. The van der Waals surface area contributed by atoms with Crippen molar-refractivity contribution in [2.24, 2.45) is 0 Å². The Hall–Kier alpha value is -4.46. The summed E-state index contributed by atoms with van der Waals surface area (Å²) in [6.45, 7) is 1.68. The van der Waals surface area contributed by atoms with Crippen LogP contribution in [0.1, 0.15) is 17.3 Å². The van der Waals surface area contributed by atoms with Gasteiger partial charge in [0.15, 0.2) is 6.61 Å². The van der Waals surface area contributed by atoms with Gasteiger partial charge in [-0.15, -0.1) is 0 Å². The molecule has 0 aliphatic carbocycles. The van der Waals surface area contributed by atoms with E-state index in [1.807, 2.05) is 0 Å². The van der Waals surface area contributed by atoms with Gasteiger partial charge in [0.2, 0.25) is 0 Å². The van der Waals surface area contributed by atoms with Gasteiger partial charge in [0.1, 0.15) is 17.3 Å². The number of esters is 1. The van der Waals surface area contributed by atoms with Crippen molar-refractivity contribution in [2.45, 2.75) is 6.92 Å². The van der Waals surface area contributed by atoms with Gasteiger partial charge in [0.25, 0.3) is 5.91 Å². The van der Waals surface area contributed by atoms with E-state index in [9.17, 15) is 14.0 Å². The fourth-order valence-electron chi connectivity index (χ4n) is 3.47. The standard InChI is InChI=1S/C27H23FN2O5/c1-3-34-27(32)18-9-12-23-22(13-18)25(15-24(30-23)17-7-10-19(28)11-8-17)35-16-26(31)29-20-5-4-6-21(14-20)33-2/h4-15H,3,16H2,1-2H3,(H,29,31). The van der Waals surface area contributed by atoms with Crippen LogP contribution in [-0.2, 0) is 9.53 Å². The molecule has 7 nitrogen and oxygen atoms in total. The number of fused-ring (bicyclic) bond motifs is 1. The van der Waals surface area contributed by atoms with Crippen molar-refractivity contribution in [2.75, 3.05) is 25.6 Å². The Morgan fingerprint density at radius 2 is 1.80 bits per heavy atom. The number of aromatic nitrogens is 1. The van der Waals surface area contributed by atoms with Crippen LogP contribution in [0.4, 0.5) is 10.1 Å². The van der Waals surface area contributed by atoms with E-state index in [0.29, 0.717) is 44.9 Å². The van der Waals surface area contributed by atoms with E-state index >= 15 is 0 Å². The molecule has 0 aliphatic rings. The maximum absolute atomic E-state index is 13.4. The fraction of sp³-hybridized carbons (Fsp3) is 0.148. The summed E-state index contributed by atoms with van der Waals surface area (Å²) < 4.78 is 29.6. The highest BCUT2D eigenvalue weighted by Gasteiger charge is 2.15. The smallest absolute Gasteiger partial charge is 0.338 e. The Morgan fingerprint density at radius 3 is 2.54 bits per heavy atom. The molecule has 1 N–H and O–H groups in total. The Morgan fingerprint density at radius 1 is 1.00 bits per heavy atom. The number of nitrogens with one attached hydrogen (secondary N) is 1. The number of halogens is 1. The Bertz CT molecular complexity index is 1370. The summed E-state index contributed by atoms with van der Waals surface area (Å²) in [5.74, 6) is -0.258. The number of rotatable bonds is 8. The lowest BCUT2D eigenvalue weighted by Gasteiger charge is -2.13. The van der Waals surface area contributed by atoms with Crippen LogP contribution in [0.15, 0.2) is 72.8 Å². The third-order valence-corrected chi connectivity index (χ3v) is 5.13. The number of carbonyl (C=O) groups excluding carboxylic acids is 2. The van der Waals surface area contributed by atoms with Gasteiger partial charge >= 0.3 is 5.97 Å². The van der Waals surface area contributed by atoms with Crippen LogP contribution in [0.3, 0.4) is 0 Å². The largest absolute Gasteiger partial charge is 0.497 e. The minimum Gasteiger partial charge on any atom is -0.497 e. The van der Waals surface area contributed by atoms with Crippen LogP contribution in [-0.4, -0.2) is 37.2 Å². The second-order valence-corrected chi connectivity index (χ2v) is 7.53. The maximum atomic E-state index is 13.4. The van der Waals surface area contributed by atoms with Crippen LogP contribution in [0, 0.1) is 5.82 Å². The minimum absolute atomic E-state index is 0.242. The molecule has 0 spiro atoms. The molecule has 35 heavy (non-hydrogen) atoms. The quantitative estimate of drug-likeness (QED) is 0.351. The normalized spacial score (nSPS) is 10.6. The molecule has 178 valence electrons. The maximum Gasteiger partial charge on any atom is 0.338 e. The molecule has 1 heterocycles. The predicted octanol–water partition coefficient (Wildman–Crippen LogP) is 5.24. The predicted molar refractivity (Wildman–Crippen MR) is 130 cm³/mol. The zero-order valence-electron chi connectivity index (χ0n) is 19.2. The van der Waals surface area contributed by atoms with Crippen molar-refractivity contribution in [3.8, 4) is 22.8 Å². The molecule has 0 saturated carbocycles. The monoisotopic (exact) mass is 474 g/mol. The molecule has 0 bridgehead atoms. The van der Waals surface area contributed by atoms with E-state index in [0.717, 1.165) is 0 Å². The average Bonchev–Trinajstić information content (AvgIpc) is 2.87. The highest BCUT2D eigenvalue weighted by Crippen LogP contribution is 2.31. The van der Waals surface area contributed by atoms with E-state index in [1.165, 1.54) is 12.1 Å². The summed E-state index contributed by atoms with van der Waals surface area (Å²) in [4.78, 5) is 29.4. The lowest BCUT2D eigenvalue weighted by molar-refractivity contribution is -0.118. The van der Waals surface area contributed by atoms with Gasteiger partial charge in [-0.05, 0) is 61.5 Å². The van der Waals surface area contributed by atoms with Gasteiger partial charge in [0, 0.05) is 28.8 Å². The molecule has 4 aromatic rings. The van der Waals surface area contributed by atoms with Gasteiger partial charge in [-0.3, -0.25) is 4.79 Å². The third kappa shape index (κ3) is 5.73. The molecule has 0 fully saturated rings. The van der Waals surface area contributed by atoms with Crippen molar-refractivity contribution in [1.82, 2.24) is 4.98 Å². The molecule has 1 aromatic heterocycles. The first-order valence-electron chi connectivity index (χ1n) is 10.9. The lowest BCUT2D eigenvalue weighted by atomic mass is 10.1. The number of hydrogen-bond donors (Lipinski definition) is 1. The molecular weight excluding hydrogens is 451 g/mol. The second-order valence-electron chi connectivity index (χ2n) is 7.53. The number of hydrogen-bond acceptors (Lipinski definition) is 6. The molecule has 4 rings (SSSR count). The van der Waals surface area contributed by atoms with Crippen molar-refractivity contribution in [3.63, 3.8) is 0 Å². The Labute approximate surface area is 201 Å². The molecule has 1 amide bonds. The van der Waals surface area contributed by atoms with Crippen molar-refractivity contribution < 1.29 is 28.2 Å². The van der Waals surface area contributed by atoms with Crippen LogP contribution >= 0.6 is 0 Å². The molecular formula is C27H23FN2O5. The average molecular weight is 474 g/mol. The minimum atomic E-state index is -0.473. The summed E-state index contributed by atoms with van der Waals surface area (Å²) in [5.41, 5.74) is 2.65. The topological polar surface area (TPSA) is 86.8 Å². The number of ether oxygens (including phenoxy) is 3. The van der Waals surface area contributed by atoms with Gasteiger partial charge in [-0.1, -0.05) is 6.07 Å². The summed E-state index contributed by atoms with van der Waals surface area (Å²) in [5, 5.41) is 3.30. The molecule has 0 aliphatic heterocycles. The van der Waals surface area contributed by atoms with E-state index in [4.69, 9.17) is 14.2 Å². The van der Waals surface area contributed by atoms with Gasteiger partial charge < -0.3 is 19.5 Å². The second kappa shape index (κ2) is 10.6. The first-order valence-corrected chi connectivity index (χ1v) is 10.9. The number of nitrogens with zero attached hydrogens (tertiary/aromatic N) is 1. The molecule has 0 atom stereocenters. The number of amides is 1. The Balaban J connectivity index is 1.65. The van der Waals surface area contributed by atoms with Gasteiger partial charge in [0.05, 0.1) is 30.5 Å². The van der Waals surface area contributed by atoms with E-state index in [2.05, 4.69) is 10.3 Å². The van der Waals surface area contributed by atoms with Crippen LogP contribution < -0.4 is 14.8 Å². The number of pyridine rings is 1. The number of anilines is 1. The molecule has 3 aromatic carbocycles. The van der Waals surface area contributed by atoms with Gasteiger partial charge in [-0.25, -0.2) is 14.2 Å². The van der Waals surface area contributed by atoms with E-state index in [-0.39, 0.29) is 24.9 Å². The molecule has 8 heteroatoms. The molecule has 0 unspecified atom stereocenters. The molecule has 0 saturated heterocycles. The van der Waals surface area contributed by atoms with E-state index in [1.54, 1.807) is 74.7 Å². The van der Waals surface area contributed by atoms with Crippen molar-refractivity contribution in [3.05, 3.63) is 84.2 Å². The van der Waals surface area contributed by atoms with Crippen LogP contribution in [0.25, 0.3) is 22.2 Å². The summed E-state index contributed by atoms with van der Waals surface area (Å²) in [6.07, 6.45) is 0. The lowest BCUT2D eigenvalue weighted by Crippen LogP contribution is -2.20. The summed E-state index contributed by atoms with van der Waals surface area (Å²) in [7, 11) is 1.54. The number of benzene rings is 3. The fourth-order valence-corrected chi connectivity index (χ4v) is 3.47. The highest BCUT2D eigenvalue weighted by atomic mass is 19.1. The third-order valence-electron chi connectivity index (χ3n) is 5.13. The van der Waals surface area contributed by atoms with Gasteiger partial charge in [-0.2, -0.15) is 0 Å². The van der Waals surface area contributed by atoms with Crippen LogP contribution in [0.5, 0.6) is 11.5 Å². The van der Waals surface area contributed by atoms with E-state index < -0.39 is 5.97 Å². The SMILES string of the molecule is CCOC(=O)c1ccc2nc(-c3ccc(F)cc3)cc(OCC(=O)Nc3cccc(OC)c3)c2c1. The zero-order valence-corrected chi connectivity index (χ0v) is 19.2. The summed E-state index contributed by atoms with van der Waals surface area (Å²) in [6, 6.07) is 19.4. The molecule has 0 radical (unpaired) electrons. The zero-order chi connectivity index (χ0) is 24.8. The summed E-state index contributed by atoms with van der Waals surface area (Å²) >= 11 is 0. The first-order chi connectivity index (χ1) is 17.0. The first kappa shape index (κ1) is 23.7. The van der Waals surface area contributed by atoms with Crippen LogP contribution in [0.2, 0.25) is 0 Å².